The summed E-state index contributed by atoms with van der Waals surface area (Å²) in [6.45, 7) is 5.34. The summed E-state index contributed by atoms with van der Waals surface area (Å²) in [5.41, 5.74) is 4.26. The van der Waals surface area contributed by atoms with Crippen molar-refractivity contribution in [2.24, 2.45) is 0 Å². The molecule has 1 aromatic heterocycles. The molecule has 0 unspecified atom stereocenters. The smallest absolute Gasteiger partial charge is 0.119 e. The molecule has 0 spiro atoms. The summed E-state index contributed by atoms with van der Waals surface area (Å²) in [6, 6.07) is 6.40. The molecule has 0 radical (unpaired) electrons. The average Bonchev–Trinajstić information content (AvgIpc) is 2.71. The Labute approximate surface area is 101 Å². The number of methoxy groups -OCH3 is 1. The number of fused-ring (bicyclic) bond motifs is 3. The second kappa shape index (κ2) is 4.08. The van der Waals surface area contributed by atoms with Crippen LogP contribution in [0.25, 0.3) is 10.9 Å². The van der Waals surface area contributed by atoms with Gasteiger partial charge in [-0.05, 0) is 30.2 Å². The molecule has 0 fully saturated rings. The zero-order chi connectivity index (χ0) is 11.8. The van der Waals surface area contributed by atoms with Gasteiger partial charge in [0.05, 0.1) is 7.11 Å². The van der Waals surface area contributed by atoms with Crippen LogP contribution in [0.15, 0.2) is 18.2 Å². The summed E-state index contributed by atoms with van der Waals surface area (Å²) in [5.74, 6) is 0.947. The Hall–Kier alpha value is -1.48. The molecule has 1 aliphatic rings. The van der Waals surface area contributed by atoms with Gasteiger partial charge >= 0.3 is 0 Å². The number of aryl methyl sites for hydroxylation is 1. The fraction of sp³-hybridized carbons (Fsp3) is 0.429. The predicted molar refractivity (Wildman–Crippen MR) is 69.6 cm³/mol. The highest BCUT2D eigenvalue weighted by molar-refractivity contribution is 5.87. The van der Waals surface area contributed by atoms with Gasteiger partial charge in [-0.1, -0.05) is 6.92 Å². The molecule has 0 atom stereocenters. The Bertz CT molecular complexity index is 557. The number of nitrogens with zero attached hydrogens (tertiary/aromatic N) is 1. The highest BCUT2D eigenvalue weighted by Gasteiger charge is 2.18. The summed E-state index contributed by atoms with van der Waals surface area (Å²) in [6.07, 6.45) is 1.08. The van der Waals surface area contributed by atoms with Gasteiger partial charge < -0.3 is 14.6 Å². The van der Waals surface area contributed by atoms with Crippen LogP contribution in [0.4, 0.5) is 0 Å². The lowest BCUT2D eigenvalue weighted by atomic mass is 10.1. The maximum Gasteiger partial charge on any atom is 0.119 e. The van der Waals surface area contributed by atoms with E-state index in [0.717, 1.165) is 31.8 Å². The lowest BCUT2D eigenvalue weighted by Crippen LogP contribution is -2.28. The summed E-state index contributed by atoms with van der Waals surface area (Å²) < 4.78 is 7.78. The van der Waals surface area contributed by atoms with Gasteiger partial charge in [0.1, 0.15) is 5.75 Å². The summed E-state index contributed by atoms with van der Waals surface area (Å²) in [5, 5.41) is 4.81. The minimum atomic E-state index is 0.947. The van der Waals surface area contributed by atoms with Crippen molar-refractivity contribution in [1.82, 2.24) is 9.88 Å². The van der Waals surface area contributed by atoms with E-state index in [9.17, 15) is 0 Å². The predicted octanol–water partition coefficient (Wildman–Crippen LogP) is 2.32. The molecule has 3 rings (SSSR count). The molecule has 2 aromatic rings. The zero-order valence-electron chi connectivity index (χ0n) is 10.4. The molecule has 90 valence electrons. The van der Waals surface area contributed by atoms with Crippen LogP contribution >= 0.6 is 0 Å². The van der Waals surface area contributed by atoms with Gasteiger partial charge in [0.2, 0.25) is 0 Å². The molecule has 0 saturated carbocycles. The molecule has 0 saturated heterocycles. The Balaban J connectivity index is 2.30. The molecule has 0 bridgehead atoms. The number of ether oxygens (including phenoxy) is 1. The third-order valence-corrected chi connectivity index (χ3v) is 3.65. The monoisotopic (exact) mass is 230 g/mol. The van der Waals surface area contributed by atoms with Crippen LogP contribution in [0, 0.1) is 0 Å². The van der Waals surface area contributed by atoms with Crippen molar-refractivity contribution in [3.8, 4) is 5.75 Å². The zero-order valence-corrected chi connectivity index (χ0v) is 10.4. The average molecular weight is 230 g/mol. The van der Waals surface area contributed by atoms with Crippen molar-refractivity contribution in [1.29, 1.82) is 0 Å². The maximum absolute atomic E-state index is 5.33. The Kier molecular flexibility index (Phi) is 2.56. The molecule has 3 nitrogen and oxygen atoms in total. The standard InChI is InChI=1S/C14H18N2O/c1-3-11-12-8-10(17-2)4-5-13(12)16-7-6-15-9-14(11)16/h4-5,8,15H,3,6-7,9H2,1-2H3. The third kappa shape index (κ3) is 1.53. The van der Waals surface area contributed by atoms with Crippen molar-refractivity contribution in [2.75, 3.05) is 13.7 Å². The molecule has 1 aliphatic heterocycles. The minimum absolute atomic E-state index is 0.947. The van der Waals surface area contributed by atoms with Crippen molar-refractivity contribution >= 4 is 10.9 Å². The van der Waals surface area contributed by atoms with E-state index in [1.54, 1.807) is 7.11 Å². The van der Waals surface area contributed by atoms with E-state index >= 15 is 0 Å². The Morgan fingerprint density at radius 1 is 1.41 bits per heavy atom. The van der Waals surface area contributed by atoms with Crippen LogP contribution in [-0.2, 0) is 19.5 Å². The maximum atomic E-state index is 5.33. The number of hydrogen-bond donors (Lipinski definition) is 1. The van der Waals surface area contributed by atoms with E-state index in [2.05, 4.69) is 35.0 Å². The van der Waals surface area contributed by atoms with E-state index in [1.807, 2.05) is 0 Å². The second-order valence-corrected chi connectivity index (χ2v) is 4.49. The molecule has 1 N–H and O–H groups in total. The Morgan fingerprint density at radius 2 is 2.29 bits per heavy atom. The van der Waals surface area contributed by atoms with Crippen LogP contribution in [0.5, 0.6) is 5.75 Å². The van der Waals surface area contributed by atoms with Crippen molar-refractivity contribution in [3.05, 3.63) is 29.5 Å². The molecule has 0 aliphatic carbocycles. The van der Waals surface area contributed by atoms with Crippen LogP contribution in [-0.4, -0.2) is 18.2 Å². The first kappa shape index (κ1) is 10.7. The van der Waals surface area contributed by atoms with Gasteiger partial charge in [-0.25, -0.2) is 0 Å². The van der Waals surface area contributed by atoms with Crippen molar-refractivity contribution < 1.29 is 4.74 Å². The van der Waals surface area contributed by atoms with Crippen molar-refractivity contribution in [2.45, 2.75) is 26.4 Å². The Morgan fingerprint density at radius 3 is 3.06 bits per heavy atom. The minimum Gasteiger partial charge on any atom is -0.497 e. The van der Waals surface area contributed by atoms with E-state index in [4.69, 9.17) is 4.74 Å². The number of benzene rings is 1. The molecule has 1 aromatic carbocycles. The van der Waals surface area contributed by atoms with Crippen LogP contribution < -0.4 is 10.1 Å². The lowest BCUT2D eigenvalue weighted by molar-refractivity contribution is 0.415. The number of nitrogens with one attached hydrogen (secondary N) is 1. The van der Waals surface area contributed by atoms with E-state index < -0.39 is 0 Å². The quantitative estimate of drug-likeness (QED) is 0.857. The highest BCUT2D eigenvalue weighted by Crippen LogP contribution is 2.31. The largest absolute Gasteiger partial charge is 0.497 e. The number of rotatable bonds is 2. The van der Waals surface area contributed by atoms with Crippen molar-refractivity contribution in [3.63, 3.8) is 0 Å². The molecule has 3 heteroatoms. The topological polar surface area (TPSA) is 26.2 Å². The van der Waals surface area contributed by atoms with Crippen LogP contribution in [0.1, 0.15) is 18.2 Å². The fourth-order valence-corrected chi connectivity index (χ4v) is 2.83. The van der Waals surface area contributed by atoms with Crippen LogP contribution in [0.2, 0.25) is 0 Å². The van der Waals surface area contributed by atoms with E-state index in [0.29, 0.717) is 0 Å². The first-order chi connectivity index (χ1) is 8.35. The van der Waals surface area contributed by atoms with Gasteiger partial charge in [-0.2, -0.15) is 0 Å². The van der Waals surface area contributed by atoms with E-state index in [-0.39, 0.29) is 0 Å². The lowest BCUT2D eigenvalue weighted by Gasteiger charge is -2.18. The first-order valence-electron chi connectivity index (χ1n) is 6.24. The van der Waals surface area contributed by atoms with Gasteiger partial charge in [0.15, 0.2) is 0 Å². The van der Waals surface area contributed by atoms with Gasteiger partial charge in [-0.3, -0.25) is 0 Å². The molecular weight excluding hydrogens is 212 g/mol. The van der Waals surface area contributed by atoms with Crippen LogP contribution in [0.3, 0.4) is 0 Å². The normalized spacial score (nSPS) is 14.9. The molecule has 2 heterocycles. The van der Waals surface area contributed by atoms with E-state index in [1.165, 1.54) is 22.2 Å². The second-order valence-electron chi connectivity index (χ2n) is 4.49. The summed E-state index contributed by atoms with van der Waals surface area (Å²) in [7, 11) is 1.73. The van der Waals surface area contributed by atoms with Gasteiger partial charge in [-0.15, -0.1) is 0 Å². The summed E-state index contributed by atoms with van der Waals surface area (Å²) >= 11 is 0. The van der Waals surface area contributed by atoms with Gasteiger partial charge in [0, 0.05) is 36.2 Å². The fourth-order valence-electron chi connectivity index (χ4n) is 2.83. The number of aromatic nitrogens is 1. The highest BCUT2D eigenvalue weighted by atomic mass is 16.5. The SMILES string of the molecule is CCc1c2n(c3ccc(OC)cc13)CCNC2. The molecular formula is C14H18N2O. The van der Waals surface area contributed by atoms with Gasteiger partial charge in [0.25, 0.3) is 0 Å². The third-order valence-electron chi connectivity index (χ3n) is 3.65. The first-order valence-corrected chi connectivity index (χ1v) is 6.24. The number of hydrogen-bond acceptors (Lipinski definition) is 2. The molecule has 0 amide bonds. The summed E-state index contributed by atoms with van der Waals surface area (Å²) in [4.78, 5) is 0. The molecule has 17 heavy (non-hydrogen) atoms.